The molecule has 0 aliphatic heterocycles. The van der Waals surface area contributed by atoms with E-state index >= 15 is 0 Å². The first-order valence-corrected chi connectivity index (χ1v) is 7.46. The number of esters is 1. The lowest BCUT2D eigenvalue weighted by molar-refractivity contribution is -0.125. The molecule has 1 aliphatic carbocycles. The molecule has 1 aromatic rings. The number of nitrogens with one attached hydrogen (secondary N) is 1. The quantitative estimate of drug-likeness (QED) is 0.739. The second-order valence-electron chi connectivity index (χ2n) is 5.71. The van der Waals surface area contributed by atoms with E-state index in [1.165, 1.54) is 18.6 Å². The monoisotopic (exact) mass is 307 g/mol. The maximum Gasteiger partial charge on any atom is 0.342 e. The molecular formula is C16H21NO5. The highest BCUT2D eigenvalue weighted by Gasteiger charge is 2.23. The molecule has 0 spiro atoms. The van der Waals surface area contributed by atoms with Crippen LogP contribution in [-0.2, 0) is 9.53 Å². The van der Waals surface area contributed by atoms with Crippen LogP contribution in [0.2, 0.25) is 0 Å². The summed E-state index contributed by atoms with van der Waals surface area (Å²) in [6.07, 6.45) is 4.31. The Morgan fingerprint density at radius 3 is 2.68 bits per heavy atom. The average Bonchev–Trinajstić information content (AvgIpc) is 2.47. The van der Waals surface area contributed by atoms with Gasteiger partial charge in [-0.05, 0) is 30.9 Å². The van der Waals surface area contributed by atoms with Crippen LogP contribution in [0.3, 0.4) is 0 Å². The molecule has 1 saturated carbocycles. The fourth-order valence-corrected chi connectivity index (χ4v) is 2.68. The van der Waals surface area contributed by atoms with Gasteiger partial charge in [0.2, 0.25) is 0 Å². The fraction of sp³-hybridized carbons (Fsp3) is 0.500. The predicted octanol–water partition coefficient (Wildman–Crippen LogP) is 1.95. The van der Waals surface area contributed by atoms with Gasteiger partial charge in [-0.15, -0.1) is 0 Å². The standard InChI is InChI=1S/C16H21NO5/c1-10-4-2-3-5-13(10)17-15(20)9-22-16(21)12-7-6-11(18)8-14(12)19/h6-8,10,13,18-19H,2-5,9H2,1H3,(H,17,20)/t10-,13-/m1/s1. The van der Waals surface area contributed by atoms with E-state index in [2.05, 4.69) is 12.2 Å². The molecule has 0 aromatic heterocycles. The molecular weight excluding hydrogens is 286 g/mol. The topological polar surface area (TPSA) is 95.9 Å². The summed E-state index contributed by atoms with van der Waals surface area (Å²) in [6.45, 7) is 1.72. The Morgan fingerprint density at radius 2 is 2.00 bits per heavy atom. The molecule has 1 aromatic carbocycles. The van der Waals surface area contributed by atoms with Crippen LogP contribution in [0.25, 0.3) is 0 Å². The molecule has 120 valence electrons. The van der Waals surface area contributed by atoms with Crippen molar-refractivity contribution in [1.82, 2.24) is 5.32 Å². The van der Waals surface area contributed by atoms with E-state index in [1.807, 2.05) is 0 Å². The van der Waals surface area contributed by atoms with Gasteiger partial charge in [0, 0.05) is 12.1 Å². The number of benzene rings is 1. The largest absolute Gasteiger partial charge is 0.508 e. The molecule has 2 atom stereocenters. The zero-order valence-electron chi connectivity index (χ0n) is 12.5. The molecule has 6 nitrogen and oxygen atoms in total. The van der Waals surface area contributed by atoms with E-state index in [4.69, 9.17) is 9.84 Å². The minimum absolute atomic E-state index is 0.0864. The zero-order chi connectivity index (χ0) is 16.1. The number of rotatable bonds is 4. The summed E-state index contributed by atoms with van der Waals surface area (Å²) in [6, 6.07) is 3.68. The Kier molecular flexibility index (Phi) is 5.25. The molecule has 0 heterocycles. The molecule has 1 fully saturated rings. The lowest BCUT2D eigenvalue weighted by Gasteiger charge is -2.29. The lowest BCUT2D eigenvalue weighted by Crippen LogP contribution is -2.42. The van der Waals surface area contributed by atoms with Crippen molar-refractivity contribution < 1.29 is 24.5 Å². The Morgan fingerprint density at radius 1 is 1.27 bits per heavy atom. The average molecular weight is 307 g/mol. The Bertz CT molecular complexity index is 557. The van der Waals surface area contributed by atoms with E-state index in [9.17, 15) is 14.7 Å². The smallest absolute Gasteiger partial charge is 0.342 e. The predicted molar refractivity (Wildman–Crippen MR) is 79.6 cm³/mol. The molecule has 0 unspecified atom stereocenters. The summed E-state index contributed by atoms with van der Waals surface area (Å²) in [5.41, 5.74) is -0.0864. The van der Waals surface area contributed by atoms with Crippen LogP contribution in [0.1, 0.15) is 43.0 Å². The number of ether oxygens (including phenoxy) is 1. The highest BCUT2D eigenvalue weighted by molar-refractivity contribution is 5.94. The van der Waals surface area contributed by atoms with Crippen LogP contribution in [0.15, 0.2) is 18.2 Å². The van der Waals surface area contributed by atoms with Gasteiger partial charge in [0.05, 0.1) is 0 Å². The van der Waals surface area contributed by atoms with Crippen molar-refractivity contribution in [2.75, 3.05) is 6.61 Å². The number of aromatic hydroxyl groups is 2. The highest BCUT2D eigenvalue weighted by Crippen LogP contribution is 2.24. The van der Waals surface area contributed by atoms with Crippen LogP contribution in [0.4, 0.5) is 0 Å². The minimum Gasteiger partial charge on any atom is -0.508 e. The molecule has 0 bridgehead atoms. The molecule has 22 heavy (non-hydrogen) atoms. The minimum atomic E-state index is -0.802. The number of hydrogen-bond donors (Lipinski definition) is 3. The maximum absolute atomic E-state index is 11.8. The maximum atomic E-state index is 11.8. The van der Waals surface area contributed by atoms with Gasteiger partial charge in [0.15, 0.2) is 6.61 Å². The molecule has 3 N–H and O–H groups in total. The van der Waals surface area contributed by atoms with E-state index in [-0.39, 0.29) is 35.6 Å². The summed E-state index contributed by atoms with van der Waals surface area (Å²) in [5.74, 6) is -1.26. The van der Waals surface area contributed by atoms with E-state index in [0.29, 0.717) is 5.92 Å². The third-order valence-electron chi connectivity index (χ3n) is 3.99. The molecule has 1 amide bonds. The number of carbonyl (C=O) groups is 2. The number of amides is 1. The van der Waals surface area contributed by atoms with Crippen LogP contribution in [-0.4, -0.2) is 34.7 Å². The van der Waals surface area contributed by atoms with Gasteiger partial charge in [-0.1, -0.05) is 19.8 Å². The van der Waals surface area contributed by atoms with E-state index < -0.39 is 5.97 Å². The van der Waals surface area contributed by atoms with Gasteiger partial charge in [-0.3, -0.25) is 4.79 Å². The molecule has 6 heteroatoms. The van der Waals surface area contributed by atoms with Gasteiger partial charge in [-0.25, -0.2) is 4.79 Å². The second kappa shape index (κ2) is 7.15. The van der Waals surface area contributed by atoms with Gasteiger partial charge in [-0.2, -0.15) is 0 Å². The first kappa shape index (κ1) is 16.1. The first-order valence-electron chi connectivity index (χ1n) is 7.46. The van der Waals surface area contributed by atoms with E-state index in [1.54, 1.807) is 0 Å². The van der Waals surface area contributed by atoms with Gasteiger partial charge in [0.25, 0.3) is 5.91 Å². The fourth-order valence-electron chi connectivity index (χ4n) is 2.68. The third-order valence-corrected chi connectivity index (χ3v) is 3.99. The molecule has 0 radical (unpaired) electrons. The van der Waals surface area contributed by atoms with Crippen molar-refractivity contribution in [3.8, 4) is 11.5 Å². The molecule has 0 saturated heterocycles. The summed E-state index contributed by atoms with van der Waals surface area (Å²) >= 11 is 0. The van der Waals surface area contributed by atoms with Gasteiger partial charge >= 0.3 is 5.97 Å². The summed E-state index contributed by atoms with van der Waals surface area (Å²) in [4.78, 5) is 23.6. The normalized spacial score (nSPS) is 21.1. The summed E-state index contributed by atoms with van der Waals surface area (Å²) in [7, 11) is 0. The zero-order valence-corrected chi connectivity index (χ0v) is 12.5. The van der Waals surface area contributed by atoms with Crippen molar-refractivity contribution >= 4 is 11.9 Å². The third kappa shape index (κ3) is 4.13. The van der Waals surface area contributed by atoms with Crippen molar-refractivity contribution in [2.24, 2.45) is 5.92 Å². The van der Waals surface area contributed by atoms with Crippen LogP contribution in [0, 0.1) is 5.92 Å². The van der Waals surface area contributed by atoms with E-state index in [0.717, 1.165) is 25.3 Å². The number of carbonyl (C=O) groups excluding carboxylic acids is 2. The van der Waals surface area contributed by atoms with Crippen molar-refractivity contribution in [3.05, 3.63) is 23.8 Å². The van der Waals surface area contributed by atoms with Crippen LogP contribution in [0.5, 0.6) is 11.5 Å². The van der Waals surface area contributed by atoms with Crippen molar-refractivity contribution in [3.63, 3.8) is 0 Å². The number of phenolic OH excluding ortho intramolecular Hbond substituents is 2. The van der Waals surface area contributed by atoms with Gasteiger partial charge < -0.3 is 20.3 Å². The molecule has 1 aliphatic rings. The first-order chi connectivity index (χ1) is 10.5. The van der Waals surface area contributed by atoms with Gasteiger partial charge in [0.1, 0.15) is 17.1 Å². The van der Waals surface area contributed by atoms with Crippen molar-refractivity contribution in [1.29, 1.82) is 0 Å². The van der Waals surface area contributed by atoms with Crippen LogP contribution < -0.4 is 5.32 Å². The lowest BCUT2D eigenvalue weighted by atomic mass is 9.86. The Hall–Kier alpha value is -2.24. The SMILES string of the molecule is C[C@@H]1CCCC[C@H]1NC(=O)COC(=O)c1ccc(O)cc1O. The Labute approximate surface area is 129 Å². The Balaban J connectivity index is 1.84. The second-order valence-corrected chi connectivity index (χ2v) is 5.71. The number of hydrogen-bond acceptors (Lipinski definition) is 5. The highest BCUT2D eigenvalue weighted by atomic mass is 16.5. The summed E-state index contributed by atoms with van der Waals surface area (Å²) < 4.78 is 4.89. The van der Waals surface area contributed by atoms with Crippen molar-refractivity contribution in [2.45, 2.75) is 38.6 Å². The van der Waals surface area contributed by atoms with Crippen LogP contribution >= 0.6 is 0 Å². The summed E-state index contributed by atoms with van der Waals surface area (Å²) in [5, 5.41) is 21.6. The molecule has 2 rings (SSSR count). The number of phenols is 2.